The smallest absolute Gasteiger partial charge is 0.0000673 e. The van der Waals surface area contributed by atoms with Crippen LogP contribution in [0.5, 0.6) is 0 Å². The molecule has 0 saturated heterocycles. The highest BCUT2D eigenvalue weighted by molar-refractivity contribution is 5.34. The second kappa shape index (κ2) is 3.55. The predicted molar refractivity (Wildman–Crippen MR) is 85.5 cm³/mol. The van der Waals surface area contributed by atoms with Crippen LogP contribution < -0.4 is 0 Å². The number of hydrogen-bond acceptors (Lipinski definition) is 0. The lowest BCUT2D eigenvalue weighted by molar-refractivity contribution is -0.157. The summed E-state index contributed by atoms with van der Waals surface area (Å²) in [5.74, 6) is 1.86. The molecule has 3 fully saturated rings. The zero-order valence-corrected chi connectivity index (χ0v) is 14.2. The molecule has 4 aliphatic rings. The van der Waals surface area contributed by atoms with Gasteiger partial charge < -0.3 is 0 Å². The molecular formula is C20H32. The quantitative estimate of drug-likeness (QED) is 0.476. The van der Waals surface area contributed by atoms with Crippen LogP contribution in [0, 0.1) is 33.5 Å². The molecule has 5 atom stereocenters. The second-order valence-electron chi connectivity index (χ2n) is 9.88. The fraction of sp³-hybridized carbons (Fsp3) is 0.900. The molecular weight excluding hydrogens is 240 g/mol. The van der Waals surface area contributed by atoms with Gasteiger partial charge in [-0.25, -0.2) is 0 Å². The summed E-state index contributed by atoms with van der Waals surface area (Å²) >= 11 is 0. The molecule has 20 heavy (non-hydrogen) atoms. The highest BCUT2D eigenvalue weighted by Gasteiger charge is 2.70. The van der Waals surface area contributed by atoms with E-state index in [1.807, 2.05) is 0 Å². The Morgan fingerprint density at radius 1 is 1.00 bits per heavy atom. The van der Waals surface area contributed by atoms with Crippen LogP contribution in [0.4, 0.5) is 0 Å². The summed E-state index contributed by atoms with van der Waals surface area (Å²) in [5.41, 5.74) is 4.00. The minimum absolute atomic E-state index is 0.537. The third-order valence-corrected chi connectivity index (χ3v) is 8.69. The van der Waals surface area contributed by atoms with Gasteiger partial charge in [0.25, 0.3) is 0 Å². The molecule has 0 unspecified atom stereocenters. The standard InChI is InChI=1S/C20H32/c1-14-11-20-13-15(14)12-18(20,4)10-7-16-17(2,3)8-6-9-19(16,20)5/h11,15-16H,6-10,12-13H2,1-5H3/t15-,16+,18+,19+,20+/m1/s1. The first-order chi connectivity index (χ1) is 9.24. The maximum atomic E-state index is 2.79. The average Bonchev–Trinajstić information content (AvgIpc) is 2.80. The molecule has 0 N–H and O–H groups in total. The van der Waals surface area contributed by atoms with E-state index in [-0.39, 0.29) is 0 Å². The fourth-order valence-electron chi connectivity index (χ4n) is 7.74. The van der Waals surface area contributed by atoms with Crippen molar-refractivity contribution in [3.63, 3.8) is 0 Å². The van der Waals surface area contributed by atoms with E-state index in [2.05, 4.69) is 40.7 Å². The number of allylic oxidation sites excluding steroid dienone is 2. The lowest BCUT2D eigenvalue weighted by Gasteiger charge is -2.66. The Morgan fingerprint density at radius 3 is 2.45 bits per heavy atom. The van der Waals surface area contributed by atoms with E-state index in [9.17, 15) is 0 Å². The van der Waals surface area contributed by atoms with Crippen molar-refractivity contribution in [1.29, 1.82) is 0 Å². The minimum atomic E-state index is 0.537. The van der Waals surface area contributed by atoms with Crippen LogP contribution in [0.25, 0.3) is 0 Å². The first-order valence-electron chi connectivity index (χ1n) is 8.94. The number of hydrogen-bond donors (Lipinski definition) is 0. The normalized spacial score (nSPS) is 56.1. The van der Waals surface area contributed by atoms with Crippen LogP contribution in [0.2, 0.25) is 0 Å². The Hall–Kier alpha value is -0.260. The zero-order valence-electron chi connectivity index (χ0n) is 14.2. The van der Waals surface area contributed by atoms with E-state index >= 15 is 0 Å². The van der Waals surface area contributed by atoms with Crippen molar-refractivity contribution in [2.75, 3.05) is 0 Å². The SMILES string of the molecule is CC1=C[C@]23C[C@H]1C[C@]2(C)CC[C@H]1C(C)(C)CCC[C@@]13C. The van der Waals surface area contributed by atoms with Crippen LogP contribution in [-0.2, 0) is 0 Å². The summed E-state index contributed by atoms with van der Waals surface area (Å²) in [6.07, 6.45) is 13.1. The van der Waals surface area contributed by atoms with Crippen LogP contribution in [0.1, 0.15) is 79.6 Å². The van der Waals surface area contributed by atoms with E-state index in [0.29, 0.717) is 21.7 Å². The van der Waals surface area contributed by atoms with Crippen molar-refractivity contribution in [3.8, 4) is 0 Å². The molecule has 4 rings (SSSR count). The van der Waals surface area contributed by atoms with Gasteiger partial charge in [0.2, 0.25) is 0 Å². The summed E-state index contributed by atoms with van der Waals surface area (Å²) in [4.78, 5) is 0. The van der Waals surface area contributed by atoms with Gasteiger partial charge in [-0.1, -0.05) is 45.8 Å². The maximum Gasteiger partial charge on any atom is 0.0000673 e. The maximum absolute atomic E-state index is 2.79. The third-order valence-electron chi connectivity index (χ3n) is 8.69. The molecule has 4 aliphatic carbocycles. The van der Waals surface area contributed by atoms with Gasteiger partial charge in [0.15, 0.2) is 0 Å². The number of rotatable bonds is 0. The molecule has 0 aromatic heterocycles. The summed E-state index contributed by atoms with van der Waals surface area (Å²) in [6.45, 7) is 12.9. The van der Waals surface area contributed by atoms with E-state index < -0.39 is 0 Å². The monoisotopic (exact) mass is 272 g/mol. The first kappa shape index (κ1) is 13.4. The van der Waals surface area contributed by atoms with Crippen LogP contribution in [-0.4, -0.2) is 0 Å². The Balaban J connectivity index is 1.88. The molecule has 0 heteroatoms. The van der Waals surface area contributed by atoms with Gasteiger partial charge in [-0.15, -0.1) is 0 Å². The van der Waals surface area contributed by atoms with Crippen LogP contribution in [0.3, 0.4) is 0 Å². The Kier molecular flexibility index (Phi) is 2.38. The van der Waals surface area contributed by atoms with E-state index in [1.54, 1.807) is 5.57 Å². The van der Waals surface area contributed by atoms with Crippen molar-refractivity contribution in [1.82, 2.24) is 0 Å². The number of fused-ring (bicyclic) bond motifs is 2. The summed E-state index contributed by atoms with van der Waals surface area (Å²) in [5, 5.41) is 0. The average molecular weight is 272 g/mol. The summed E-state index contributed by atoms with van der Waals surface area (Å²) in [6, 6.07) is 0. The van der Waals surface area contributed by atoms with Crippen LogP contribution >= 0.6 is 0 Å². The molecule has 0 aromatic rings. The van der Waals surface area contributed by atoms with Gasteiger partial charge >= 0.3 is 0 Å². The summed E-state index contributed by atoms with van der Waals surface area (Å²) in [7, 11) is 0. The molecule has 2 bridgehead atoms. The van der Waals surface area contributed by atoms with Gasteiger partial charge in [0, 0.05) is 5.41 Å². The van der Waals surface area contributed by atoms with Crippen LogP contribution in [0.15, 0.2) is 11.6 Å². The molecule has 0 aromatic carbocycles. The van der Waals surface area contributed by atoms with Crippen molar-refractivity contribution >= 4 is 0 Å². The molecule has 1 spiro atoms. The highest BCUT2D eigenvalue weighted by Crippen LogP contribution is 2.78. The van der Waals surface area contributed by atoms with E-state index in [1.165, 1.54) is 44.9 Å². The molecule has 3 saturated carbocycles. The largest absolute Gasteiger partial charge is 0.0780 e. The minimum Gasteiger partial charge on any atom is -0.0780 e. The molecule has 0 heterocycles. The second-order valence-corrected chi connectivity index (χ2v) is 9.88. The highest BCUT2D eigenvalue weighted by atomic mass is 14.7. The molecule has 0 amide bonds. The van der Waals surface area contributed by atoms with Crippen molar-refractivity contribution in [3.05, 3.63) is 11.6 Å². The molecule has 0 nitrogen and oxygen atoms in total. The Bertz CT molecular complexity index is 484. The van der Waals surface area contributed by atoms with Crippen molar-refractivity contribution in [2.45, 2.75) is 79.6 Å². The van der Waals surface area contributed by atoms with Gasteiger partial charge in [-0.05, 0) is 73.5 Å². The third kappa shape index (κ3) is 1.26. The van der Waals surface area contributed by atoms with Crippen molar-refractivity contribution in [2.24, 2.45) is 33.5 Å². The Labute approximate surface area is 125 Å². The lowest BCUT2D eigenvalue weighted by Crippen LogP contribution is -2.59. The van der Waals surface area contributed by atoms with Gasteiger partial charge in [-0.2, -0.15) is 0 Å². The zero-order chi connectivity index (χ0) is 14.4. The predicted octanol–water partition coefficient (Wildman–Crippen LogP) is 5.98. The van der Waals surface area contributed by atoms with Gasteiger partial charge in [0.05, 0.1) is 0 Å². The summed E-state index contributed by atoms with van der Waals surface area (Å²) < 4.78 is 0. The molecule has 0 radical (unpaired) electrons. The van der Waals surface area contributed by atoms with Gasteiger partial charge in [-0.3, -0.25) is 0 Å². The molecule has 0 aliphatic heterocycles. The fourth-order valence-corrected chi connectivity index (χ4v) is 7.74. The lowest BCUT2D eigenvalue weighted by atomic mass is 9.38. The topological polar surface area (TPSA) is 0 Å². The molecule has 112 valence electrons. The Morgan fingerprint density at radius 2 is 1.75 bits per heavy atom. The first-order valence-corrected chi connectivity index (χ1v) is 8.94. The van der Waals surface area contributed by atoms with Crippen molar-refractivity contribution < 1.29 is 0 Å². The van der Waals surface area contributed by atoms with E-state index in [0.717, 1.165) is 11.8 Å². The van der Waals surface area contributed by atoms with E-state index in [4.69, 9.17) is 0 Å². The van der Waals surface area contributed by atoms with Gasteiger partial charge in [0.1, 0.15) is 0 Å².